The van der Waals surface area contributed by atoms with Gasteiger partial charge in [0.25, 0.3) is 5.91 Å². The number of hydrogen-bond donors (Lipinski definition) is 0. The van der Waals surface area contributed by atoms with Crippen molar-refractivity contribution in [2.24, 2.45) is 0 Å². The second kappa shape index (κ2) is 8.81. The topological polar surface area (TPSA) is 42.4 Å². The molecule has 2 aromatic carbocycles. The van der Waals surface area contributed by atoms with Gasteiger partial charge >= 0.3 is 0 Å². The van der Waals surface area contributed by atoms with Crippen LogP contribution in [0.3, 0.4) is 0 Å². The molecule has 1 amide bonds. The Bertz CT molecular complexity index is 921. The van der Waals surface area contributed by atoms with Gasteiger partial charge in [-0.3, -0.25) is 9.78 Å². The largest absolute Gasteiger partial charge is 0.496 e. The van der Waals surface area contributed by atoms with Crippen LogP contribution in [0.5, 0.6) is 5.75 Å². The summed E-state index contributed by atoms with van der Waals surface area (Å²) < 4.78 is 5.44. The lowest BCUT2D eigenvalue weighted by atomic mass is 10.0. The number of pyridine rings is 1. The van der Waals surface area contributed by atoms with Crippen LogP contribution in [0.25, 0.3) is 11.6 Å². The Kier molecular flexibility index (Phi) is 6.00. The number of para-hydroxylation sites is 1. The minimum atomic E-state index is -0.0593. The molecule has 0 fully saturated rings. The molecular weight excluding hydrogens is 336 g/mol. The zero-order valence-corrected chi connectivity index (χ0v) is 15.5. The molecule has 0 spiro atoms. The van der Waals surface area contributed by atoms with Gasteiger partial charge < -0.3 is 9.64 Å². The fraction of sp³-hybridized carbons (Fsp3) is 0.130. The standard InChI is InChI=1S/C23H22N2O2/c1-25(17-18-9-8-14-24-16-18)23(26)21(19-10-4-3-5-11-19)15-20-12-6-7-13-22(20)27-2/h3-16H,17H2,1-2H3/b21-15+. The highest BCUT2D eigenvalue weighted by atomic mass is 16.5. The summed E-state index contributed by atoms with van der Waals surface area (Å²) in [6.07, 6.45) is 5.38. The molecule has 0 saturated heterocycles. The van der Waals surface area contributed by atoms with E-state index in [0.29, 0.717) is 12.1 Å². The zero-order valence-electron chi connectivity index (χ0n) is 15.5. The Morgan fingerprint density at radius 3 is 2.48 bits per heavy atom. The summed E-state index contributed by atoms with van der Waals surface area (Å²) >= 11 is 0. The molecule has 0 radical (unpaired) electrons. The van der Waals surface area contributed by atoms with Crippen LogP contribution in [0.1, 0.15) is 16.7 Å². The SMILES string of the molecule is COc1ccccc1/C=C(/C(=O)N(C)Cc1cccnc1)c1ccccc1. The molecule has 0 bridgehead atoms. The summed E-state index contributed by atoms with van der Waals surface area (Å²) in [6, 6.07) is 21.2. The summed E-state index contributed by atoms with van der Waals surface area (Å²) in [5.74, 6) is 0.671. The molecule has 0 aliphatic rings. The predicted octanol–water partition coefficient (Wildman–Crippen LogP) is 4.29. The molecule has 1 aromatic heterocycles. The smallest absolute Gasteiger partial charge is 0.254 e. The molecule has 0 aliphatic carbocycles. The Balaban J connectivity index is 1.97. The normalized spacial score (nSPS) is 11.1. The molecule has 3 aromatic rings. The third kappa shape index (κ3) is 4.61. The first kappa shape index (κ1) is 18.4. The van der Waals surface area contributed by atoms with E-state index in [1.54, 1.807) is 31.5 Å². The summed E-state index contributed by atoms with van der Waals surface area (Å²) in [7, 11) is 3.43. The lowest BCUT2D eigenvalue weighted by Gasteiger charge is -2.20. The Morgan fingerprint density at radius 1 is 1.04 bits per heavy atom. The highest BCUT2D eigenvalue weighted by molar-refractivity contribution is 6.24. The fourth-order valence-electron chi connectivity index (χ4n) is 2.87. The van der Waals surface area contributed by atoms with Crippen LogP contribution in [-0.4, -0.2) is 29.9 Å². The van der Waals surface area contributed by atoms with Crippen molar-refractivity contribution in [3.63, 3.8) is 0 Å². The van der Waals surface area contributed by atoms with E-state index in [1.807, 2.05) is 72.8 Å². The van der Waals surface area contributed by atoms with Crippen molar-refractivity contribution in [3.05, 3.63) is 95.8 Å². The fourth-order valence-corrected chi connectivity index (χ4v) is 2.87. The maximum Gasteiger partial charge on any atom is 0.254 e. The Hall–Kier alpha value is -3.40. The molecule has 0 N–H and O–H groups in total. The van der Waals surface area contributed by atoms with Crippen LogP contribution in [0, 0.1) is 0 Å². The van der Waals surface area contributed by atoms with Crippen molar-refractivity contribution in [3.8, 4) is 5.75 Å². The second-order valence-corrected chi connectivity index (χ2v) is 6.19. The lowest BCUT2D eigenvalue weighted by molar-refractivity contribution is -0.124. The van der Waals surface area contributed by atoms with Gasteiger partial charge in [-0.15, -0.1) is 0 Å². The van der Waals surface area contributed by atoms with Gasteiger partial charge in [0.1, 0.15) is 5.75 Å². The van der Waals surface area contributed by atoms with Gasteiger partial charge in [-0.05, 0) is 29.3 Å². The van der Waals surface area contributed by atoms with E-state index >= 15 is 0 Å². The van der Waals surface area contributed by atoms with Crippen molar-refractivity contribution in [2.75, 3.05) is 14.2 Å². The zero-order chi connectivity index (χ0) is 19.1. The van der Waals surface area contributed by atoms with E-state index in [4.69, 9.17) is 4.74 Å². The van der Waals surface area contributed by atoms with Gasteiger partial charge in [0.05, 0.1) is 7.11 Å². The molecule has 0 unspecified atom stereocenters. The molecule has 136 valence electrons. The van der Waals surface area contributed by atoms with E-state index in [-0.39, 0.29) is 5.91 Å². The van der Waals surface area contributed by atoms with Gasteiger partial charge in [0.15, 0.2) is 0 Å². The minimum absolute atomic E-state index is 0.0593. The lowest BCUT2D eigenvalue weighted by Crippen LogP contribution is -2.27. The van der Waals surface area contributed by atoms with Crippen LogP contribution >= 0.6 is 0 Å². The highest BCUT2D eigenvalue weighted by Crippen LogP contribution is 2.26. The van der Waals surface area contributed by atoms with Crippen molar-refractivity contribution in [1.29, 1.82) is 0 Å². The van der Waals surface area contributed by atoms with Crippen molar-refractivity contribution < 1.29 is 9.53 Å². The third-order valence-electron chi connectivity index (χ3n) is 4.24. The first-order valence-corrected chi connectivity index (χ1v) is 8.73. The molecule has 27 heavy (non-hydrogen) atoms. The van der Waals surface area contributed by atoms with Crippen LogP contribution in [0.4, 0.5) is 0 Å². The summed E-state index contributed by atoms with van der Waals surface area (Å²) in [5, 5.41) is 0. The first-order chi connectivity index (χ1) is 13.2. The number of methoxy groups -OCH3 is 1. The van der Waals surface area contributed by atoms with E-state index in [0.717, 1.165) is 22.4 Å². The number of aromatic nitrogens is 1. The molecule has 4 nitrogen and oxygen atoms in total. The number of ether oxygens (including phenoxy) is 1. The number of amides is 1. The monoisotopic (exact) mass is 358 g/mol. The molecule has 3 rings (SSSR count). The minimum Gasteiger partial charge on any atom is -0.496 e. The molecule has 1 heterocycles. The van der Waals surface area contributed by atoms with Crippen LogP contribution in [-0.2, 0) is 11.3 Å². The summed E-state index contributed by atoms with van der Waals surface area (Å²) in [6.45, 7) is 0.489. The molecule has 0 saturated carbocycles. The predicted molar refractivity (Wildman–Crippen MR) is 108 cm³/mol. The van der Waals surface area contributed by atoms with E-state index in [1.165, 1.54) is 0 Å². The Labute approximate surface area is 159 Å². The average Bonchev–Trinajstić information content (AvgIpc) is 2.73. The van der Waals surface area contributed by atoms with Gasteiger partial charge in [-0.25, -0.2) is 0 Å². The number of benzene rings is 2. The van der Waals surface area contributed by atoms with Crippen LogP contribution < -0.4 is 4.74 Å². The van der Waals surface area contributed by atoms with Gasteiger partial charge in [0, 0.05) is 37.1 Å². The second-order valence-electron chi connectivity index (χ2n) is 6.19. The van der Waals surface area contributed by atoms with E-state index in [2.05, 4.69) is 4.98 Å². The van der Waals surface area contributed by atoms with E-state index < -0.39 is 0 Å². The van der Waals surface area contributed by atoms with Crippen molar-refractivity contribution in [2.45, 2.75) is 6.54 Å². The van der Waals surface area contributed by atoms with Crippen molar-refractivity contribution >= 4 is 17.6 Å². The number of carbonyl (C=O) groups is 1. The maximum absolute atomic E-state index is 13.2. The number of carbonyl (C=O) groups excluding carboxylic acids is 1. The maximum atomic E-state index is 13.2. The number of nitrogens with zero attached hydrogens (tertiary/aromatic N) is 2. The number of hydrogen-bond acceptors (Lipinski definition) is 3. The van der Waals surface area contributed by atoms with Gasteiger partial charge in [-0.1, -0.05) is 54.6 Å². The molecular formula is C23H22N2O2. The number of rotatable bonds is 6. The molecule has 0 atom stereocenters. The highest BCUT2D eigenvalue weighted by Gasteiger charge is 2.18. The van der Waals surface area contributed by atoms with E-state index in [9.17, 15) is 4.79 Å². The van der Waals surface area contributed by atoms with Gasteiger partial charge in [-0.2, -0.15) is 0 Å². The number of likely N-dealkylation sites (N-methyl/N-ethyl adjacent to an activating group) is 1. The van der Waals surface area contributed by atoms with Crippen LogP contribution in [0.15, 0.2) is 79.1 Å². The summed E-state index contributed by atoms with van der Waals surface area (Å²) in [4.78, 5) is 19.1. The summed E-state index contributed by atoms with van der Waals surface area (Å²) in [5.41, 5.74) is 3.33. The average molecular weight is 358 g/mol. The molecule has 4 heteroatoms. The molecule has 0 aliphatic heterocycles. The van der Waals surface area contributed by atoms with Crippen LogP contribution in [0.2, 0.25) is 0 Å². The first-order valence-electron chi connectivity index (χ1n) is 8.73. The third-order valence-corrected chi connectivity index (χ3v) is 4.24. The quantitative estimate of drug-likeness (QED) is 0.488. The Morgan fingerprint density at radius 2 is 1.78 bits per heavy atom. The van der Waals surface area contributed by atoms with Crippen molar-refractivity contribution in [1.82, 2.24) is 9.88 Å². The van der Waals surface area contributed by atoms with Gasteiger partial charge in [0.2, 0.25) is 0 Å².